The zero-order valence-corrected chi connectivity index (χ0v) is 11.9. The lowest BCUT2D eigenvalue weighted by Gasteiger charge is -2.36. The first-order valence-electron chi connectivity index (χ1n) is 6.95. The van der Waals surface area contributed by atoms with Crippen LogP contribution in [0.3, 0.4) is 0 Å². The van der Waals surface area contributed by atoms with Crippen LogP contribution < -0.4 is 10.2 Å². The van der Waals surface area contributed by atoms with Gasteiger partial charge in [0.1, 0.15) is 0 Å². The van der Waals surface area contributed by atoms with E-state index in [0.29, 0.717) is 6.42 Å². The third-order valence-electron chi connectivity index (χ3n) is 3.68. The Morgan fingerprint density at radius 3 is 2.53 bits per heavy atom. The van der Waals surface area contributed by atoms with Gasteiger partial charge in [0.2, 0.25) is 5.91 Å². The summed E-state index contributed by atoms with van der Waals surface area (Å²) >= 11 is 0. The quantitative estimate of drug-likeness (QED) is 0.886. The first-order valence-corrected chi connectivity index (χ1v) is 6.95. The largest absolute Gasteiger partial charge is 0.368 e. The van der Waals surface area contributed by atoms with Crippen LogP contribution in [-0.2, 0) is 4.79 Å². The number of nitrogens with one attached hydrogen (secondary N) is 1. The Kier molecular flexibility index (Phi) is 4.80. The van der Waals surface area contributed by atoms with Crippen molar-refractivity contribution in [3.05, 3.63) is 29.8 Å². The van der Waals surface area contributed by atoms with E-state index in [-0.39, 0.29) is 5.91 Å². The molecule has 1 aromatic rings. The van der Waals surface area contributed by atoms with Gasteiger partial charge in [0, 0.05) is 44.8 Å². The fourth-order valence-electron chi connectivity index (χ4n) is 2.51. The summed E-state index contributed by atoms with van der Waals surface area (Å²) < 4.78 is 0. The van der Waals surface area contributed by atoms with Crippen LogP contribution >= 0.6 is 0 Å². The third kappa shape index (κ3) is 3.47. The molecule has 2 rings (SSSR count). The Morgan fingerprint density at radius 2 is 1.89 bits per heavy atom. The molecule has 1 amide bonds. The Bertz CT molecular complexity index is 425. The van der Waals surface area contributed by atoms with Crippen molar-refractivity contribution in [1.82, 2.24) is 10.2 Å². The molecule has 19 heavy (non-hydrogen) atoms. The summed E-state index contributed by atoms with van der Waals surface area (Å²) in [5.41, 5.74) is 2.60. The zero-order valence-electron chi connectivity index (χ0n) is 11.9. The van der Waals surface area contributed by atoms with E-state index in [2.05, 4.69) is 41.4 Å². The second-order valence-electron chi connectivity index (χ2n) is 5.01. The molecule has 0 saturated carbocycles. The van der Waals surface area contributed by atoms with Crippen LogP contribution in [0.4, 0.5) is 5.69 Å². The molecule has 1 saturated heterocycles. The maximum absolute atomic E-state index is 11.9. The maximum atomic E-state index is 11.9. The van der Waals surface area contributed by atoms with Crippen LogP contribution in [0.25, 0.3) is 0 Å². The minimum absolute atomic E-state index is 0.263. The fourth-order valence-corrected chi connectivity index (χ4v) is 2.51. The number of para-hydroxylation sites is 1. The number of aryl methyl sites for hydroxylation is 1. The van der Waals surface area contributed by atoms with Crippen molar-refractivity contribution >= 4 is 11.6 Å². The van der Waals surface area contributed by atoms with Gasteiger partial charge in [-0.05, 0) is 25.6 Å². The summed E-state index contributed by atoms with van der Waals surface area (Å²) in [7, 11) is 1.88. The number of nitrogens with zero attached hydrogens (tertiary/aromatic N) is 2. The van der Waals surface area contributed by atoms with Crippen molar-refractivity contribution < 1.29 is 4.79 Å². The van der Waals surface area contributed by atoms with Crippen LogP contribution in [0.2, 0.25) is 0 Å². The Morgan fingerprint density at radius 1 is 1.21 bits per heavy atom. The molecule has 0 spiro atoms. The smallest absolute Gasteiger partial charge is 0.223 e. The maximum Gasteiger partial charge on any atom is 0.223 e. The van der Waals surface area contributed by atoms with Gasteiger partial charge in [0.15, 0.2) is 0 Å². The van der Waals surface area contributed by atoms with Gasteiger partial charge < -0.3 is 15.1 Å². The molecule has 4 heteroatoms. The number of anilines is 1. The standard InChI is InChI=1S/C15H23N3O/c1-13-5-3-4-6-14(13)17-9-11-18(12-10-17)15(19)7-8-16-2/h3-6,16H,7-12H2,1-2H3. The fraction of sp³-hybridized carbons (Fsp3) is 0.533. The van der Waals surface area contributed by atoms with Crippen LogP contribution in [0.5, 0.6) is 0 Å². The van der Waals surface area contributed by atoms with Gasteiger partial charge in [-0.1, -0.05) is 18.2 Å². The topological polar surface area (TPSA) is 35.6 Å². The molecule has 0 radical (unpaired) electrons. The van der Waals surface area contributed by atoms with Crippen molar-refractivity contribution in [2.75, 3.05) is 44.7 Å². The summed E-state index contributed by atoms with van der Waals surface area (Å²) in [6.07, 6.45) is 0.598. The second-order valence-corrected chi connectivity index (χ2v) is 5.01. The molecule has 0 bridgehead atoms. The minimum Gasteiger partial charge on any atom is -0.368 e. The summed E-state index contributed by atoms with van der Waals surface area (Å²) in [5.74, 6) is 0.263. The molecule has 0 unspecified atom stereocenters. The number of carbonyl (C=O) groups is 1. The van der Waals surface area contributed by atoms with Crippen LogP contribution in [0.1, 0.15) is 12.0 Å². The van der Waals surface area contributed by atoms with E-state index in [9.17, 15) is 4.79 Å². The lowest BCUT2D eigenvalue weighted by Crippen LogP contribution is -2.49. The molecule has 1 aromatic carbocycles. The molecule has 4 nitrogen and oxygen atoms in total. The highest BCUT2D eigenvalue weighted by Crippen LogP contribution is 2.20. The van der Waals surface area contributed by atoms with Crippen molar-refractivity contribution in [2.45, 2.75) is 13.3 Å². The van der Waals surface area contributed by atoms with E-state index < -0.39 is 0 Å². The predicted octanol–water partition coefficient (Wildman–Crippen LogP) is 1.25. The van der Waals surface area contributed by atoms with E-state index in [4.69, 9.17) is 0 Å². The minimum atomic E-state index is 0.263. The van der Waals surface area contributed by atoms with Gasteiger partial charge in [-0.3, -0.25) is 4.79 Å². The number of hydrogen-bond donors (Lipinski definition) is 1. The normalized spacial score (nSPS) is 15.7. The summed E-state index contributed by atoms with van der Waals surface area (Å²) in [5, 5.41) is 3.02. The van der Waals surface area contributed by atoms with Crippen molar-refractivity contribution in [3.8, 4) is 0 Å². The highest BCUT2D eigenvalue weighted by atomic mass is 16.2. The van der Waals surface area contributed by atoms with E-state index in [1.54, 1.807) is 0 Å². The molecule has 0 aromatic heterocycles. The molecule has 1 heterocycles. The summed E-state index contributed by atoms with van der Waals surface area (Å²) in [6, 6.07) is 8.44. The molecule has 1 aliphatic heterocycles. The lowest BCUT2D eigenvalue weighted by atomic mass is 10.1. The molecular formula is C15H23N3O. The number of hydrogen-bond acceptors (Lipinski definition) is 3. The molecule has 1 fully saturated rings. The molecular weight excluding hydrogens is 238 g/mol. The van der Waals surface area contributed by atoms with Crippen LogP contribution in [-0.4, -0.2) is 50.6 Å². The van der Waals surface area contributed by atoms with Gasteiger partial charge in [-0.25, -0.2) is 0 Å². The second kappa shape index (κ2) is 6.57. The predicted molar refractivity (Wildman–Crippen MR) is 78.5 cm³/mol. The Balaban J connectivity index is 1.89. The van der Waals surface area contributed by atoms with E-state index in [0.717, 1.165) is 32.7 Å². The van der Waals surface area contributed by atoms with Gasteiger partial charge in [-0.15, -0.1) is 0 Å². The number of carbonyl (C=O) groups excluding carboxylic acids is 1. The third-order valence-corrected chi connectivity index (χ3v) is 3.68. The van der Waals surface area contributed by atoms with Crippen molar-refractivity contribution in [2.24, 2.45) is 0 Å². The monoisotopic (exact) mass is 261 g/mol. The first-order chi connectivity index (χ1) is 9.22. The summed E-state index contributed by atoms with van der Waals surface area (Å²) in [4.78, 5) is 16.3. The van der Waals surface area contributed by atoms with Crippen LogP contribution in [0, 0.1) is 6.92 Å². The van der Waals surface area contributed by atoms with Gasteiger partial charge in [0.05, 0.1) is 0 Å². The Labute approximate surface area is 115 Å². The van der Waals surface area contributed by atoms with E-state index >= 15 is 0 Å². The van der Waals surface area contributed by atoms with Gasteiger partial charge in [-0.2, -0.15) is 0 Å². The first kappa shape index (κ1) is 13.9. The number of benzene rings is 1. The van der Waals surface area contributed by atoms with E-state index in [1.807, 2.05) is 11.9 Å². The van der Waals surface area contributed by atoms with Crippen LogP contribution in [0.15, 0.2) is 24.3 Å². The van der Waals surface area contributed by atoms with Crippen molar-refractivity contribution in [1.29, 1.82) is 0 Å². The highest BCUT2D eigenvalue weighted by molar-refractivity contribution is 5.76. The summed E-state index contributed by atoms with van der Waals surface area (Å²) in [6.45, 7) is 6.41. The molecule has 0 aliphatic carbocycles. The molecule has 0 atom stereocenters. The lowest BCUT2D eigenvalue weighted by molar-refractivity contribution is -0.131. The molecule has 1 N–H and O–H groups in total. The average molecular weight is 261 g/mol. The highest BCUT2D eigenvalue weighted by Gasteiger charge is 2.21. The molecule has 104 valence electrons. The number of piperazine rings is 1. The van der Waals surface area contributed by atoms with Gasteiger partial charge in [0.25, 0.3) is 0 Å². The van der Waals surface area contributed by atoms with Gasteiger partial charge >= 0.3 is 0 Å². The Hall–Kier alpha value is -1.55. The zero-order chi connectivity index (χ0) is 13.7. The van der Waals surface area contributed by atoms with E-state index in [1.165, 1.54) is 11.3 Å². The molecule has 1 aliphatic rings. The average Bonchev–Trinajstić information content (AvgIpc) is 2.45. The SMILES string of the molecule is CNCCC(=O)N1CCN(c2ccccc2C)CC1. The number of rotatable bonds is 4. The van der Waals surface area contributed by atoms with Crippen molar-refractivity contribution in [3.63, 3.8) is 0 Å². The number of amides is 1.